The number of carbonyl (C=O) groups excluding carboxylic acids is 1. The van der Waals surface area contributed by atoms with Gasteiger partial charge in [-0.25, -0.2) is 0 Å². The Hall–Kier alpha value is -1.39. The molecule has 0 radical (unpaired) electrons. The lowest BCUT2D eigenvalue weighted by molar-refractivity contribution is -0.116. The van der Waals surface area contributed by atoms with Crippen molar-refractivity contribution in [3.63, 3.8) is 0 Å². The summed E-state index contributed by atoms with van der Waals surface area (Å²) in [4.78, 5) is 11.2. The Morgan fingerprint density at radius 2 is 1.80 bits per heavy atom. The third-order valence-electron chi connectivity index (χ3n) is 2.04. The standard InChI is InChI=1S/C11H17N3O/c12-7-5-9-1-3-10(4-2-9)14-11(15)6-8-13/h1-4H,5-8,12-13H2,(H,14,15). The van der Waals surface area contributed by atoms with Crippen LogP contribution in [0.15, 0.2) is 24.3 Å². The fourth-order valence-corrected chi connectivity index (χ4v) is 1.28. The van der Waals surface area contributed by atoms with E-state index in [1.54, 1.807) is 0 Å². The van der Waals surface area contributed by atoms with E-state index >= 15 is 0 Å². The van der Waals surface area contributed by atoms with E-state index in [9.17, 15) is 4.79 Å². The first-order valence-electron chi connectivity index (χ1n) is 5.05. The summed E-state index contributed by atoms with van der Waals surface area (Å²) in [5, 5.41) is 2.76. The summed E-state index contributed by atoms with van der Waals surface area (Å²) in [6.45, 7) is 1.01. The van der Waals surface area contributed by atoms with Crippen molar-refractivity contribution < 1.29 is 4.79 Å². The second-order valence-corrected chi connectivity index (χ2v) is 3.32. The summed E-state index contributed by atoms with van der Waals surface area (Å²) in [6, 6.07) is 7.68. The number of hydrogen-bond acceptors (Lipinski definition) is 3. The Labute approximate surface area is 89.6 Å². The molecule has 0 saturated carbocycles. The number of anilines is 1. The highest BCUT2D eigenvalue weighted by Gasteiger charge is 2.00. The summed E-state index contributed by atoms with van der Waals surface area (Å²) >= 11 is 0. The van der Waals surface area contributed by atoms with Gasteiger partial charge < -0.3 is 16.8 Å². The van der Waals surface area contributed by atoms with Gasteiger partial charge in [0, 0.05) is 18.7 Å². The van der Waals surface area contributed by atoms with Crippen LogP contribution in [-0.2, 0) is 11.2 Å². The number of hydrogen-bond donors (Lipinski definition) is 3. The molecule has 0 heterocycles. The van der Waals surface area contributed by atoms with Crippen LogP contribution in [0.5, 0.6) is 0 Å². The number of carbonyl (C=O) groups is 1. The maximum absolute atomic E-state index is 11.2. The molecule has 5 N–H and O–H groups in total. The normalized spacial score (nSPS) is 10.0. The van der Waals surface area contributed by atoms with E-state index in [2.05, 4.69) is 5.32 Å². The Kier molecular flexibility index (Phi) is 4.80. The third-order valence-corrected chi connectivity index (χ3v) is 2.04. The van der Waals surface area contributed by atoms with E-state index in [4.69, 9.17) is 11.5 Å². The van der Waals surface area contributed by atoms with Crippen LogP contribution in [0.4, 0.5) is 5.69 Å². The summed E-state index contributed by atoms with van der Waals surface area (Å²) in [7, 11) is 0. The SMILES string of the molecule is NCCC(=O)Nc1ccc(CCN)cc1. The van der Waals surface area contributed by atoms with E-state index in [0.717, 1.165) is 12.1 Å². The zero-order chi connectivity index (χ0) is 11.1. The van der Waals surface area contributed by atoms with Gasteiger partial charge in [-0.1, -0.05) is 12.1 Å². The average Bonchev–Trinajstić information content (AvgIpc) is 2.22. The van der Waals surface area contributed by atoms with E-state index in [0.29, 0.717) is 19.5 Å². The molecule has 0 unspecified atom stereocenters. The van der Waals surface area contributed by atoms with Crippen LogP contribution in [0.25, 0.3) is 0 Å². The van der Waals surface area contributed by atoms with E-state index in [-0.39, 0.29) is 5.91 Å². The molecule has 1 aromatic carbocycles. The lowest BCUT2D eigenvalue weighted by atomic mass is 10.1. The van der Waals surface area contributed by atoms with Gasteiger partial charge in [-0.2, -0.15) is 0 Å². The molecule has 15 heavy (non-hydrogen) atoms. The quantitative estimate of drug-likeness (QED) is 0.656. The Morgan fingerprint density at radius 1 is 1.13 bits per heavy atom. The summed E-state index contributed by atoms with van der Waals surface area (Å²) in [5.74, 6) is -0.0518. The van der Waals surface area contributed by atoms with E-state index in [1.165, 1.54) is 5.56 Å². The molecular formula is C11H17N3O. The van der Waals surface area contributed by atoms with Crippen LogP contribution in [0.2, 0.25) is 0 Å². The molecule has 82 valence electrons. The highest BCUT2D eigenvalue weighted by Crippen LogP contribution is 2.09. The summed E-state index contributed by atoms with van der Waals surface area (Å²) < 4.78 is 0. The average molecular weight is 207 g/mol. The van der Waals surface area contributed by atoms with Crippen LogP contribution in [-0.4, -0.2) is 19.0 Å². The molecule has 1 rings (SSSR count). The van der Waals surface area contributed by atoms with Crippen molar-refractivity contribution in [3.05, 3.63) is 29.8 Å². The van der Waals surface area contributed by atoms with Gasteiger partial charge in [0.15, 0.2) is 0 Å². The third kappa shape index (κ3) is 4.10. The fourth-order valence-electron chi connectivity index (χ4n) is 1.28. The van der Waals surface area contributed by atoms with Crippen molar-refractivity contribution in [2.45, 2.75) is 12.8 Å². The molecule has 0 fully saturated rings. The molecule has 4 heteroatoms. The maximum Gasteiger partial charge on any atom is 0.225 e. The van der Waals surface area contributed by atoms with Gasteiger partial charge in [-0.3, -0.25) is 4.79 Å². The number of amides is 1. The molecule has 0 aromatic heterocycles. The minimum atomic E-state index is -0.0518. The van der Waals surface area contributed by atoms with Gasteiger partial charge >= 0.3 is 0 Å². The second-order valence-electron chi connectivity index (χ2n) is 3.32. The van der Waals surface area contributed by atoms with Crippen LogP contribution in [0, 0.1) is 0 Å². The van der Waals surface area contributed by atoms with Gasteiger partial charge in [-0.15, -0.1) is 0 Å². The molecular weight excluding hydrogens is 190 g/mol. The van der Waals surface area contributed by atoms with Crippen molar-refractivity contribution >= 4 is 11.6 Å². The van der Waals surface area contributed by atoms with Gasteiger partial charge in [-0.05, 0) is 30.7 Å². The predicted molar refractivity (Wildman–Crippen MR) is 61.5 cm³/mol. The Bertz CT molecular complexity index is 308. The first-order valence-corrected chi connectivity index (χ1v) is 5.05. The Morgan fingerprint density at radius 3 is 2.33 bits per heavy atom. The first-order chi connectivity index (χ1) is 7.26. The van der Waals surface area contributed by atoms with E-state index < -0.39 is 0 Å². The molecule has 0 aliphatic heterocycles. The molecule has 1 amide bonds. The number of benzene rings is 1. The Balaban J connectivity index is 2.52. The minimum absolute atomic E-state index is 0.0518. The van der Waals surface area contributed by atoms with Gasteiger partial charge in [0.25, 0.3) is 0 Å². The zero-order valence-corrected chi connectivity index (χ0v) is 8.70. The van der Waals surface area contributed by atoms with Gasteiger partial charge in [0.2, 0.25) is 5.91 Å². The fraction of sp³-hybridized carbons (Fsp3) is 0.364. The molecule has 1 aromatic rings. The monoisotopic (exact) mass is 207 g/mol. The smallest absolute Gasteiger partial charge is 0.225 e. The summed E-state index contributed by atoms with van der Waals surface area (Å²) in [5.41, 5.74) is 12.7. The van der Waals surface area contributed by atoms with Crippen molar-refractivity contribution in [2.75, 3.05) is 18.4 Å². The largest absolute Gasteiger partial charge is 0.330 e. The molecule has 4 nitrogen and oxygen atoms in total. The first kappa shape index (κ1) is 11.7. The van der Waals surface area contributed by atoms with Crippen molar-refractivity contribution in [3.8, 4) is 0 Å². The predicted octanol–water partition coefficient (Wildman–Crippen LogP) is 0.475. The highest BCUT2D eigenvalue weighted by molar-refractivity contribution is 5.90. The number of nitrogens with one attached hydrogen (secondary N) is 1. The summed E-state index contributed by atoms with van der Waals surface area (Å²) in [6.07, 6.45) is 1.21. The molecule has 0 bridgehead atoms. The molecule has 0 aliphatic rings. The molecule has 0 saturated heterocycles. The van der Waals surface area contributed by atoms with Gasteiger partial charge in [0.1, 0.15) is 0 Å². The van der Waals surface area contributed by atoms with Crippen molar-refractivity contribution in [1.29, 1.82) is 0 Å². The van der Waals surface area contributed by atoms with Gasteiger partial charge in [0.05, 0.1) is 0 Å². The highest BCUT2D eigenvalue weighted by atomic mass is 16.1. The number of nitrogens with two attached hydrogens (primary N) is 2. The van der Waals surface area contributed by atoms with E-state index in [1.807, 2.05) is 24.3 Å². The van der Waals surface area contributed by atoms with Crippen LogP contribution < -0.4 is 16.8 Å². The second kappa shape index (κ2) is 6.16. The number of rotatable bonds is 5. The van der Waals surface area contributed by atoms with Crippen molar-refractivity contribution in [2.24, 2.45) is 11.5 Å². The maximum atomic E-state index is 11.2. The van der Waals surface area contributed by atoms with Crippen LogP contribution >= 0.6 is 0 Å². The minimum Gasteiger partial charge on any atom is -0.330 e. The van der Waals surface area contributed by atoms with Crippen LogP contribution in [0.3, 0.4) is 0 Å². The van der Waals surface area contributed by atoms with Crippen LogP contribution in [0.1, 0.15) is 12.0 Å². The molecule has 0 spiro atoms. The zero-order valence-electron chi connectivity index (χ0n) is 8.70. The lowest BCUT2D eigenvalue weighted by Crippen LogP contribution is -2.16. The molecule has 0 aliphatic carbocycles. The lowest BCUT2D eigenvalue weighted by Gasteiger charge is -2.05. The molecule has 0 atom stereocenters. The topological polar surface area (TPSA) is 81.1 Å². The van der Waals surface area contributed by atoms with Crippen molar-refractivity contribution in [1.82, 2.24) is 0 Å².